The van der Waals surface area contributed by atoms with Crippen molar-refractivity contribution in [3.8, 4) is 0 Å². The van der Waals surface area contributed by atoms with Crippen LogP contribution in [0.15, 0.2) is 45.5 Å². The maximum atomic E-state index is 12.5. The fraction of sp³-hybridized carbons (Fsp3) is 0.333. The minimum atomic E-state index is -4.30. The molecule has 2 atom stereocenters. The van der Waals surface area contributed by atoms with Crippen LogP contribution in [-0.2, 0) is 6.18 Å². The number of hydrogen-bond donors (Lipinski definition) is 1. The Labute approximate surface area is 129 Å². The summed E-state index contributed by atoms with van der Waals surface area (Å²) in [5.41, 5.74) is 0.155. The van der Waals surface area contributed by atoms with Crippen molar-refractivity contribution in [1.82, 2.24) is 5.32 Å². The zero-order valence-corrected chi connectivity index (χ0v) is 13.1. The van der Waals surface area contributed by atoms with Crippen LogP contribution < -0.4 is 5.32 Å². The second-order valence-electron chi connectivity index (χ2n) is 4.87. The number of rotatable bonds is 4. The third-order valence-electron chi connectivity index (χ3n) is 3.26. The van der Waals surface area contributed by atoms with Crippen LogP contribution in [0.5, 0.6) is 0 Å². The van der Waals surface area contributed by atoms with Crippen molar-refractivity contribution in [1.29, 1.82) is 0 Å². The van der Waals surface area contributed by atoms with E-state index < -0.39 is 11.7 Å². The Balaban J connectivity index is 2.04. The van der Waals surface area contributed by atoms with Gasteiger partial charge in [0.2, 0.25) is 0 Å². The molecule has 2 aromatic rings. The lowest BCUT2D eigenvalue weighted by molar-refractivity contribution is -0.137. The van der Waals surface area contributed by atoms with E-state index in [0.717, 1.165) is 23.5 Å². The molecule has 0 spiro atoms. The van der Waals surface area contributed by atoms with Gasteiger partial charge >= 0.3 is 6.18 Å². The molecule has 0 aliphatic carbocycles. The number of alkyl halides is 3. The molecule has 0 aliphatic heterocycles. The summed E-state index contributed by atoms with van der Waals surface area (Å²) in [6.07, 6.45) is -4.30. The van der Waals surface area contributed by atoms with E-state index in [4.69, 9.17) is 4.42 Å². The Bertz CT molecular complexity index is 592. The first-order valence-corrected chi connectivity index (χ1v) is 7.25. The van der Waals surface area contributed by atoms with E-state index in [0.29, 0.717) is 4.67 Å². The van der Waals surface area contributed by atoms with Crippen LogP contribution in [0.25, 0.3) is 0 Å². The summed E-state index contributed by atoms with van der Waals surface area (Å²) in [7, 11) is 0. The standard InChI is InChI=1S/C15H15BrF3NO/c1-9(20-10(2)13-7-8-14(16)21-13)11-3-5-12(6-4-11)15(17,18)19/h3-10,20H,1-2H3. The quantitative estimate of drug-likeness (QED) is 0.780. The zero-order valence-electron chi connectivity index (χ0n) is 11.5. The number of furan rings is 1. The highest BCUT2D eigenvalue weighted by molar-refractivity contribution is 9.10. The monoisotopic (exact) mass is 361 g/mol. The molecule has 0 bridgehead atoms. The highest BCUT2D eigenvalue weighted by Gasteiger charge is 2.30. The van der Waals surface area contributed by atoms with Gasteiger partial charge in [0.15, 0.2) is 4.67 Å². The average molecular weight is 362 g/mol. The van der Waals surface area contributed by atoms with Gasteiger partial charge in [0.1, 0.15) is 5.76 Å². The molecule has 6 heteroatoms. The minimum Gasteiger partial charge on any atom is -0.453 e. The van der Waals surface area contributed by atoms with Crippen LogP contribution in [0.1, 0.15) is 42.8 Å². The third kappa shape index (κ3) is 4.11. The zero-order chi connectivity index (χ0) is 15.6. The number of halogens is 4. The van der Waals surface area contributed by atoms with Gasteiger partial charge in [0.25, 0.3) is 0 Å². The van der Waals surface area contributed by atoms with Crippen molar-refractivity contribution in [2.24, 2.45) is 0 Å². The Morgan fingerprint density at radius 1 is 1.00 bits per heavy atom. The lowest BCUT2D eigenvalue weighted by Gasteiger charge is -2.19. The molecule has 2 rings (SSSR count). The van der Waals surface area contributed by atoms with Crippen molar-refractivity contribution < 1.29 is 17.6 Å². The van der Waals surface area contributed by atoms with Crippen LogP contribution in [0.3, 0.4) is 0 Å². The summed E-state index contributed by atoms with van der Waals surface area (Å²) < 4.78 is 43.7. The summed E-state index contributed by atoms with van der Waals surface area (Å²) in [4.78, 5) is 0. The number of nitrogens with one attached hydrogen (secondary N) is 1. The van der Waals surface area contributed by atoms with Gasteiger partial charge in [-0.1, -0.05) is 12.1 Å². The highest BCUT2D eigenvalue weighted by Crippen LogP contribution is 2.30. The van der Waals surface area contributed by atoms with Gasteiger partial charge in [0.05, 0.1) is 11.6 Å². The molecule has 1 N–H and O–H groups in total. The van der Waals surface area contributed by atoms with Gasteiger partial charge in [-0.3, -0.25) is 0 Å². The van der Waals surface area contributed by atoms with Crippen molar-refractivity contribution >= 4 is 15.9 Å². The van der Waals surface area contributed by atoms with Crippen LogP contribution in [-0.4, -0.2) is 0 Å². The van der Waals surface area contributed by atoms with Gasteiger partial charge in [0, 0.05) is 6.04 Å². The molecule has 1 heterocycles. The Kier molecular flexibility index (Phi) is 4.78. The number of benzene rings is 1. The van der Waals surface area contributed by atoms with Gasteiger partial charge in [-0.15, -0.1) is 0 Å². The highest BCUT2D eigenvalue weighted by atomic mass is 79.9. The van der Waals surface area contributed by atoms with E-state index in [2.05, 4.69) is 21.2 Å². The molecule has 1 aromatic carbocycles. The third-order valence-corrected chi connectivity index (χ3v) is 3.68. The van der Waals surface area contributed by atoms with Crippen molar-refractivity contribution in [2.75, 3.05) is 0 Å². The van der Waals surface area contributed by atoms with E-state index in [9.17, 15) is 13.2 Å². The molecular weight excluding hydrogens is 347 g/mol. The lowest BCUT2D eigenvalue weighted by atomic mass is 10.0. The van der Waals surface area contributed by atoms with E-state index in [1.165, 1.54) is 12.1 Å². The molecule has 114 valence electrons. The van der Waals surface area contributed by atoms with E-state index in [1.807, 2.05) is 19.9 Å². The Hall–Kier alpha value is -1.27. The summed E-state index contributed by atoms with van der Waals surface area (Å²) in [5, 5.41) is 3.29. The van der Waals surface area contributed by atoms with Crippen LogP contribution in [0, 0.1) is 0 Å². The van der Waals surface area contributed by atoms with Crippen LogP contribution in [0.2, 0.25) is 0 Å². The predicted molar refractivity (Wildman–Crippen MR) is 77.8 cm³/mol. The lowest BCUT2D eigenvalue weighted by Crippen LogP contribution is -2.22. The molecule has 0 saturated heterocycles. The van der Waals surface area contributed by atoms with E-state index in [1.54, 1.807) is 6.07 Å². The predicted octanol–water partition coefficient (Wildman–Crippen LogP) is 5.47. The maximum Gasteiger partial charge on any atom is 0.416 e. The molecule has 21 heavy (non-hydrogen) atoms. The molecule has 0 fully saturated rings. The molecule has 2 unspecified atom stereocenters. The molecule has 0 aliphatic rings. The van der Waals surface area contributed by atoms with Crippen LogP contribution >= 0.6 is 15.9 Å². The first-order valence-electron chi connectivity index (χ1n) is 6.46. The summed E-state index contributed by atoms with van der Waals surface area (Å²) >= 11 is 3.24. The fourth-order valence-electron chi connectivity index (χ4n) is 2.08. The SMILES string of the molecule is CC(NC(C)c1ccc(Br)o1)c1ccc(C(F)(F)F)cc1. The largest absolute Gasteiger partial charge is 0.453 e. The van der Waals surface area contributed by atoms with E-state index in [-0.39, 0.29) is 12.1 Å². The van der Waals surface area contributed by atoms with Gasteiger partial charge in [-0.25, -0.2) is 0 Å². The first-order chi connectivity index (χ1) is 9.77. The second kappa shape index (κ2) is 6.23. The normalized spacial score (nSPS) is 15.0. The molecule has 0 amide bonds. The smallest absolute Gasteiger partial charge is 0.416 e. The van der Waals surface area contributed by atoms with Gasteiger partial charge in [-0.2, -0.15) is 13.2 Å². The summed E-state index contributed by atoms with van der Waals surface area (Å²) in [6, 6.07) is 8.69. The fourth-order valence-corrected chi connectivity index (χ4v) is 2.39. The van der Waals surface area contributed by atoms with Crippen molar-refractivity contribution in [2.45, 2.75) is 32.1 Å². The maximum absolute atomic E-state index is 12.5. The summed E-state index contributed by atoms with van der Waals surface area (Å²) in [5.74, 6) is 0.764. The Morgan fingerprint density at radius 2 is 1.62 bits per heavy atom. The van der Waals surface area contributed by atoms with E-state index >= 15 is 0 Å². The van der Waals surface area contributed by atoms with Crippen molar-refractivity contribution in [3.63, 3.8) is 0 Å². The second-order valence-corrected chi connectivity index (χ2v) is 5.65. The molecular formula is C15H15BrF3NO. The number of hydrogen-bond acceptors (Lipinski definition) is 2. The average Bonchev–Trinajstić information content (AvgIpc) is 2.84. The van der Waals surface area contributed by atoms with Crippen LogP contribution in [0.4, 0.5) is 13.2 Å². The van der Waals surface area contributed by atoms with Gasteiger partial charge in [-0.05, 0) is 59.6 Å². The minimum absolute atomic E-state index is 0.0476. The van der Waals surface area contributed by atoms with Crippen molar-refractivity contribution in [3.05, 3.63) is 58.0 Å². The molecule has 0 saturated carbocycles. The Morgan fingerprint density at radius 3 is 2.10 bits per heavy atom. The molecule has 1 aromatic heterocycles. The first kappa shape index (κ1) is 16.1. The van der Waals surface area contributed by atoms with Gasteiger partial charge < -0.3 is 9.73 Å². The summed E-state index contributed by atoms with van der Waals surface area (Å²) in [6.45, 7) is 3.84. The molecule has 2 nitrogen and oxygen atoms in total. The topological polar surface area (TPSA) is 25.2 Å². The molecule has 0 radical (unpaired) electrons.